The number of thiophene rings is 1. The number of hydrogen-bond donors (Lipinski definition) is 1. The fraction of sp³-hybridized carbons (Fsp3) is 0.240. The van der Waals surface area contributed by atoms with Crippen LogP contribution in [0.3, 0.4) is 0 Å². The topological polar surface area (TPSA) is 64.1 Å². The third-order valence-corrected chi connectivity index (χ3v) is 6.40. The summed E-state index contributed by atoms with van der Waals surface area (Å²) in [7, 11) is 0. The normalized spacial score (nSPS) is 11.1. The fourth-order valence-electron chi connectivity index (χ4n) is 3.42. The van der Waals surface area contributed by atoms with Gasteiger partial charge in [0, 0.05) is 12.1 Å². The molecule has 0 bridgehead atoms. The Morgan fingerprint density at radius 1 is 1.06 bits per heavy atom. The molecule has 1 N–H and O–H groups in total. The molecule has 0 aliphatic rings. The summed E-state index contributed by atoms with van der Waals surface area (Å²) >= 11 is 1.34. The highest BCUT2D eigenvalue weighted by molar-refractivity contribution is 7.20. The van der Waals surface area contributed by atoms with E-state index in [1.54, 1.807) is 0 Å². The molecule has 6 heteroatoms. The maximum atomic E-state index is 12.7. The molecule has 0 aliphatic carbocycles. The Morgan fingerprint density at radius 2 is 1.81 bits per heavy atom. The Kier molecular flexibility index (Phi) is 6.28. The van der Waals surface area contributed by atoms with Crippen LogP contribution in [0.2, 0.25) is 0 Å². The number of ether oxygens (including phenoxy) is 1. The van der Waals surface area contributed by atoms with Gasteiger partial charge in [0.2, 0.25) is 0 Å². The molecular formula is C25H25N3O2S. The summed E-state index contributed by atoms with van der Waals surface area (Å²) in [5.74, 6) is 0.859. The van der Waals surface area contributed by atoms with Gasteiger partial charge in [-0.15, -0.1) is 11.3 Å². The zero-order valence-corrected chi connectivity index (χ0v) is 18.7. The Balaban J connectivity index is 1.52. The second-order valence-electron chi connectivity index (χ2n) is 7.73. The number of rotatable bonds is 7. The van der Waals surface area contributed by atoms with Gasteiger partial charge in [-0.2, -0.15) is 0 Å². The van der Waals surface area contributed by atoms with Crippen molar-refractivity contribution in [3.63, 3.8) is 0 Å². The fourth-order valence-corrected chi connectivity index (χ4v) is 4.46. The largest absolute Gasteiger partial charge is 0.461 e. The van der Waals surface area contributed by atoms with E-state index in [0.29, 0.717) is 29.6 Å². The number of aryl methyl sites for hydroxylation is 1. The third kappa shape index (κ3) is 4.75. The predicted octanol–water partition coefficient (Wildman–Crippen LogP) is 6.27. The molecule has 0 radical (unpaired) electrons. The van der Waals surface area contributed by atoms with Crippen LogP contribution < -0.4 is 5.32 Å². The van der Waals surface area contributed by atoms with Crippen molar-refractivity contribution in [2.24, 2.45) is 0 Å². The molecule has 0 spiro atoms. The van der Waals surface area contributed by atoms with E-state index in [1.807, 2.05) is 49.4 Å². The van der Waals surface area contributed by atoms with Crippen LogP contribution in [0.25, 0.3) is 10.2 Å². The molecule has 2 heterocycles. The molecule has 2 aromatic carbocycles. The van der Waals surface area contributed by atoms with Crippen molar-refractivity contribution in [2.45, 2.75) is 33.1 Å². The molecule has 4 rings (SSSR count). The molecule has 0 saturated heterocycles. The molecule has 5 nitrogen and oxygen atoms in total. The summed E-state index contributed by atoms with van der Waals surface area (Å²) in [6.07, 6.45) is 2.21. The highest BCUT2D eigenvalue weighted by Crippen LogP contribution is 2.35. The minimum atomic E-state index is -0.316. The van der Waals surface area contributed by atoms with Crippen molar-refractivity contribution in [1.82, 2.24) is 9.97 Å². The van der Waals surface area contributed by atoms with E-state index >= 15 is 0 Å². The summed E-state index contributed by atoms with van der Waals surface area (Å²) in [5, 5.41) is 4.23. The van der Waals surface area contributed by atoms with Crippen LogP contribution in [0.5, 0.6) is 0 Å². The van der Waals surface area contributed by atoms with Crippen LogP contribution in [-0.2, 0) is 11.2 Å². The van der Waals surface area contributed by atoms with Gasteiger partial charge in [-0.25, -0.2) is 14.8 Å². The molecule has 0 amide bonds. The zero-order valence-electron chi connectivity index (χ0n) is 17.9. The molecule has 2 aromatic heterocycles. The van der Waals surface area contributed by atoms with Gasteiger partial charge in [0.1, 0.15) is 21.9 Å². The second kappa shape index (κ2) is 9.27. The quantitative estimate of drug-likeness (QED) is 0.350. The second-order valence-corrected chi connectivity index (χ2v) is 8.73. The van der Waals surface area contributed by atoms with Crippen LogP contribution >= 0.6 is 11.3 Å². The van der Waals surface area contributed by atoms with Crippen LogP contribution in [0.15, 0.2) is 60.9 Å². The first-order valence-corrected chi connectivity index (χ1v) is 11.2. The molecular weight excluding hydrogens is 406 g/mol. The van der Waals surface area contributed by atoms with Crippen molar-refractivity contribution in [1.29, 1.82) is 0 Å². The summed E-state index contributed by atoms with van der Waals surface area (Å²) in [6, 6.07) is 18.3. The number of carbonyl (C=O) groups is 1. The van der Waals surface area contributed by atoms with Crippen molar-refractivity contribution < 1.29 is 9.53 Å². The number of nitrogens with zero attached hydrogens (tertiary/aromatic N) is 2. The van der Waals surface area contributed by atoms with E-state index in [9.17, 15) is 4.79 Å². The Morgan fingerprint density at radius 3 is 2.52 bits per heavy atom. The molecule has 0 atom stereocenters. The van der Waals surface area contributed by atoms with Crippen molar-refractivity contribution >= 4 is 39.0 Å². The maximum Gasteiger partial charge on any atom is 0.348 e. The lowest BCUT2D eigenvalue weighted by molar-refractivity contribution is 0.0514. The van der Waals surface area contributed by atoms with Crippen LogP contribution in [-0.4, -0.2) is 22.5 Å². The number of esters is 1. The van der Waals surface area contributed by atoms with E-state index in [2.05, 4.69) is 41.3 Å². The van der Waals surface area contributed by atoms with E-state index in [-0.39, 0.29) is 5.97 Å². The Bertz CT molecular complexity index is 1180. The standard InChI is InChI=1S/C25H25N3O2S/c1-16(2)19-9-11-20(12-10-19)28-23-21-17(3)22(31-24(21)27-15-26-23)25(29)30-14-13-18-7-5-4-6-8-18/h4-12,15-16H,13-14H2,1-3H3,(H,26,27,28). The van der Waals surface area contributed by atoms with Gasteiger partial charge in [-0.1, -0.05) is 56.3 Å². The zero-order chi connectivity index (χ0) is 21.8. The van der Waals surface area contributed by atoms with Gasteiger partial charge in [0.25, 0.3) is 0 Å². The number of aromatic nitrogens is 2. The smallest absolute Gasteiger partial charge is 0.348 e. The number of anilines is 2. The van der Waals surface area contributed by atoms with Gasteiger partial charge in [0.05, 0.1) is 12.0 Å². The van der Waals surface area contributed by atoms with Crippen molar-refractivity contribution in [3.8, 4) is 0 Å². The maximum absolute atomic E-state index is 12.7. The SMILES string of the molecule is Cc1c(C(=O)OCCc2ccccc2)sc2ncnc(Nc3ccc(C(C)C)cc3)c12. The summed E-state index contributed by atoms with van der Waals surface area (Å²) in [4.78, 5) is 22.9. The molecule has 4 aromatic rings. The predicted molar refractivity (Wildman–Crippen MR) is 126 cm³/mol. The lowest BCUT2D eigenvalue weighted by Gasteiger charge is -2.10. The number of hydrogen-bond acceptors (Lipinski definition) is 6. The van der Waals surface area contributed by atoms with E-state index in [1.165, 1.54) is 23.2 Å². The van der Waals surface area contributed by atoms with Crippen molar-refractivity contribution in [2.75, 3.05) is 11.9 Å². The lowest BCUT2D eigenvalue weighted by Crippen LogP contribution is -2.07. The molecule has 0 aliphatic heterocycles. The first kappa shape index (κ1) is 21.0. The minimum absolute atomic E-state index is 0.316. The average Bonchev–Trinajstić information content (AvgIpc) is 3.12. The summed E-state index contributed by atoms with van der Waals surface area (Å²) < 4.78 is 5.54. The third-order valence-electron chi connectivity index (χ3n) is 5.22. The van der Waals surface area contributed by atoms with Crippen molar-refractivity contribution in [3.05, 3.63) is 82.5 Å². The summed E-state index contributed by atoms with van der Waals surface area (Å²) in [5.41, 5.74) is 4.21. The van der Waals surface area contributed by atoms with E-state index < -0.39 is 0 Å². The Hall–Kier alpha value is -3.25. The Labute approximate surface area is 186 Å². The van der Waals surface area contributed by atoms with E-state index in [4.69, 9.17) is 4.74 Å². The van der Waals surface area contributed by atoms with Gasteiger partial charge < -0.3 is 10.1 Å². The summed E-state index contributed by atoms with van der Waals surface area (Å²) in [6.45, 7) is 6.61. The molecule has 0 fully saturated rings. The monoisotopic (exact) mass is 431 g/mol. The van der Waals surface area contributed by atoms with E-state index in [0.717, 1.165) is 27.0 Å². The van der Waals surface area contributed by atoms with Crippen LogP contribution in [0.4, 0.5) is 11.5 Å². The number of fused-ring (bicyclic) bond motifs is 1. The highest BCUT2D eigenvalue weighted by atomic mass is 32.1. The molecule has 158 valence electrons. The van der Waals surface area contributed by atoms with Gasteiger partial charge in [0.15, 0.2) is 0 Å². The van der Waals surface area contributed by atoms with Crippen LogP contribution in [0, 0.1) is 6.92 Å². The molecule has 31 heavy (non-hydrogen) atoms. The van der Waals surface area contributed by atoms with Gasteiger partial charge in [-0.05, 0) is 41.7 Å². The van der Waals surface area contributed by atoms with Gasteiger partial charge in [-0.3, -0.25) is 0 Å². The molecule has 0 saturated carbocycles. The van der Waals surface area contributed by atoms with Crippen LogP contribution in [0.1, 0.15) is 46.1 Å². The molecule has 0 unspecified atom stereocenters. The first-order chi connectivity index (χ1) is 15.0. The first-order valence-electron chi connectivity index (χ1n) is 10.3. The van der Waals surface area contributed by atoms with Gasteiger partial charge >= 0.3 is 5.97 Å². The highest BCUT2D eigenvalue weighted by Gasteiger charge is 2.20. The number of carbonyl (C=O) groups excluding carboxylic acids is 1. The lowest BCUT2D eigenvalue weighted by atomic mass is 10.0. The average molecular weight is 432 g/mol. The number of nitrogens with one attached hydrogen (secondary N) is 1. The number of benzene rings is 2. The minimum Gasteiger partial charge on any atom is -0.461 e.